The summed E-state index contributed by atoms with van der Waals surface area (Å²) in [5, 5.41) is 0. The molecule has 0 aromatic heterocycles. The Morgan fingerprint density at radius 3 is 2.15 bits per heavy atom. The van der Waals surface area contributed by atoms with Crippen molar-refractivity contribution < 1.29 is 4.74 Å². The van der Waals surface area contributed by atoms with Gasteiger partial charge in [-0.15, -0.1) is 0 Å². The molecule has 0 aliphatic carbocycles. The van der Waals surface area contributed by atoms with Crippen molar-refractivity contribution in [3.63, 3.8) is 0 Å². The summed E-state index contributed by atoms with van der Waals surface area (Å²) in [5.41, 5.74) is 1.10. The lowest BCUT2D eigenvalue weighted by Gasteiger charge is -2.17. The van der Waals surface area contributed by atoms with E-state index in [0.29, 0.717) is 6.04 Å². The van der Waals surface area contributed by atoms with Crippen LogP contribution in [0.15, 0.2) is 4.99 Å². The number of hydrogen-bond donors (Lipinski definition) is 0. The van der Waals surface area contributed by atoms with Gasteiger partial charge in [-0.25, -0.2) is 0 Å². The SMILES string of the molecule is CCC(C)N=C(C)C(C)OC(C)C. The lowest BCUT2D eigenvalue weighted by atomic mass is 10.2. The van der Waals surface area contributed by atoms with Crippen LogP contribution in [0.5, 0.6) is 0 Å². The van der Waals surface area contributed by atoms with E-state index in [2.05, 4.69) is 25.8 Å². The molecular weight excluding hydrogens is 162 g/mol. The third kappa shape index (κ3) is 5.81. The standard InChI is InChI=1S/C11H23NO/c1-7-9(4)12-10(5)11(6)13-8(2)3/h8-9,11H,7H2,1-6H3. The fourth-order valence-electron chi connectivity index (χ4n) is 1.05. The fraction of sp³-hybridized carbons (Fsp3) is 0.909. The van der Waals surface area contributed by atoms with Gasteiger partial charge < -0.3 is 4.74 Å². The van der Waals surface area contributed by atoms with Crippen molar-refractivity contribution in [3.8, 4) is 0 Å². The van der Waals surface area contributed by atoms with Gasteiger partial charge in [-0.3, -0.25) is 4.99 Å². The number of ether oxygens (including phenoxy) is 1. The third-order valence-corrected chi connectivity index (χ3v) is 2.08. The van der Waals surface area contributed by atoms with Gasteiger partial charge in [0.25, 0.3) is 0 Å². The van der Waals surface area contributed by atoms with E-state index in [1.807, 2.05) is 20.8 Å². The second-order valence-electron chi connectivity index (χ2n) is 3.85. The zero-order valence-corrected chi connectivity index (χ0v) is 9.79. The van der Waals surface area contributed by atoms with Crippen molar-refractivity contribution in [2.75, 3.05) is 0 Å². The summed E-state index contributed by atoms with van der Waals surface area (Å²) in [6.45, 7) is 12.5. The maximum atomic E-state index is 5.63. The molecule has 0 aliphatic heterocycles. The highest BCUT2D eigenvalue weighted by Crippen LogP contribution is 2.03. The molecule has 0 amide bonds. The molecule has 2 nitrogen and oxygen atoms in total. The summed E-state index contributed by atoms with van der Waals surface area (Å²) in [6, 6.07) is 0.415. The Hall–Kier alpha value is -0.370. The van der Waals surface area contributed by atoms with Gasteiger partial charge in [0.1, 0.15) is 0 Å². The van der Waals surface area contributed by atoms with Gasteiger partial charge in [0, 0.05) is 11.8 Å². The van der Waals surface area contributed by atoms with E-state index in [9.17, 15) is 0 Å². The normalized spacial score (nSPS) is 17.6. The first kappa shape index (κ1) is 12.6. The maximum absolute atomic E-state index is 5.63. The first-order chi connectivity index (χ1) is 5.97. The van der Waals surface area contributed by atoms with E-state index in [-0.39, 0.29) is 12.2 Å². The fourth-order valence-corrected chi connectivity index (χ4v) is 1.05. The quantitative estimate of drug-likeness (QED) is 0.603. The third-order valence-electron chi connectivity index (χ3n) is 2.08. The number of rotatable bonds is 5. The van der Waals surface area contributed by atoms with Gasteiger partial charge in [-0.05, 0) is 41.0 Å². The minimum absolute atomic E-state index is 0.147. The molecule has 0 saturated carbocycles. The van der Waals surface area contributed by atoms with Crippen LogP contribution in [0.1, 0.15) is 48.0 Å². The summed E-state index contributed by atoms with van der Waals surface area (Å²) in [6.07, 6.45) is 1.51. The molecule has 0 radical (unpaired) electrons. The van der Waals surface area contributed by atoms with Gasteiger partial charge in [0.2, 0.25) is 0 Å². The van der Waals surface area contributed by atoms with E-state index in [1.165, 1.54) is 0 Å². The molecule has 2 unspecified atom stereocenters. The van der Waals surface area contributed by atoms with Crippen molar-refractivity contribution in [2.24, 2.45) is 4.99 Å². The molecule has 0 rings (SSSR count). The molecule has 0 fully saturated rings. The summed E-state index contributed by atoms with van der Waals surface area (Å²) in [5.74, 6) is 0. The van der Waals surface area contributed by atoms with Crippen LogP contribution >= 0.6 is 0 Å². The molecular formula is C11H23NO. The zero-order valence-electron chi connectivity index (χ0n) is 9.79. The Morgan fingerprint density at radius 1 is 1.23 bits per heavy atom. The molecule has 0 aliphatic rings. The van der Waals surface area contributed by atoms with Crippen molar-refractivity contribution in [2.45, 2.75) is 66.2 Å². The first-order valence-corrected chi connectivity index (χ1v) is 5.17. The molecule has 0 aromatic rings. The summed E-state index contributed by atoms with van der Waals surface area (Å²) < 4.78 is 5.63. The molecule has 0 saturated heterocycles. The molecule has 2 heteroatoms. The maximum Gasteiger partial charge on any atom is 0.0924 e. The second kappa shape index (κ2) is 6.14. The minimum Gasteiger partial charge on any atom is -0.370 e. The highest BCUT2D eigenvalue weighted by atomic mass is 16.5. The zero-order chi connectivity index (χ0) is 10.4. The van der Waals surface area contributed by atoms with Crippen molar-refractivity contribution >= 4 is 5.71 Å². The number of aliphatic imine (C=N–C) groups is 1. The van der Waals surface area contributed by atoms with E-state index in [0.717, 1.165) is 12.1 Å². The average molecular weight is 185 g/mol. The Bertz CT molecular complexity index is 163. The molecule has 0 heterocycles. The van der Waals surface area contributed by atoms with Crippen LogP contribution in [0.3, 0.4) is 0 Å². The van der Waals surface area contributed by atoms with Crippen molar-refractivity contribution in [1.82, 2.24) is 0 Å². The highest BCUT2D eigenvalue weighted by Gasteiger charge is 2.08. The van der Waals surface area contributed by atoms with E-state index >= 15 is 0 Å². The first-order valence-electron chi connectivity index (χ1n) is 5.17. The van der Waals surface area contributed by atoms with E-state index < -0.39 is 0 Å². The summed E-state index contributed by atoms with van der Waals surface area (Å²) >= 11 is 0. The highest BCUT2D eigenvalue weighted by molar-refractivity contribution is 5.86. The largest absolute Gasteiger partial charge is 0.370 e. The van der Waals surface area contributed by atoms with Gasteiger partial charge in [-0.2, -0.15) is 0 Å². The molecule has 0 bridgehead atoms. The van der Waals surface area contributed by atoms with Gasteiger partial charge in [0.15, 0.2) is 0 Å². The van der Waals surface area contributed by atoms with Crippen LogP contribution < -0.4 is 0 Å². The smallest absolute Gasteiger partial charge is 0.0924 e. The molecule has 78 valence electrons. The Kier molecular flexibility index (Phi) is 5.97. The Morgan fingerprint density at radius 2 is 1.77 bits per heavy atom. The van der Waals surface area contributed by atoms with Gasteiger partial charge in [0.05, 0.1) is 12.2 Å². The Labute approximate surface area is 82.4 Å². The molecule has 0 spiro atoms. The summed E-state index contributed by atoms with van der Waals surface area (Å²) in [7, 11) is 0. The molecule has 13 heavy (non-hydrogen) atoms. The van der Waals surface area contributed by atoms with Crippen LogP contribution in [0, 0.1) is 0 Å². The van der Waals surface area contributed by atoms with Crippen LogP contribution in [0.4, 0.5) is 0 Å². The molecule has 0 N–H and O–H groups in total. The number of hydrogen-bond acceptors (Lipinski definition) is 2. The average Bonchev–Trinajstić information content (AvgIpc) is 2.02. The van der Waals surface area contributed by atoms with Crippen LogP contribution in [0.2, 0.25) is 0 Å². The topological polar surface area (TPSA) is 21.6 Å². The minimum atomic E-state index is 0.147. The van der Waals surface area contributed by atoms with Crippen molar-refractivity contribution in [3.05, 3.63) is 0 Å². The lowest BCUT2D eigenvalue weighted by Crippen LogP contribution is -2.23. The van der Waals surface area contributed by atoms with Crippen molar-refractivity contribution in [1.29, 1.82) is 0 Å². The van der Waals surface area contributed by atoms with Gasteiger partial charge >= 0.3 is 0 Å². The number of nitrogens with zero attached hydrogens (tertiary/aromatic N) is 1. The van der Waals surface area contributed by atoms with Crippen LogP contribution in [-0.4, -0.2) is 24.0 Å². The monoisotopic (exact) mass is 185 g/mol. The Balaban J connectivity index is 4.07. The van der Waals surface area contributed by atoms with Gasteiger partial charge in [-0.1, -0.05) is 6.92 Å². The van der Waals surface area contributed by atoms with E-state index in [1.54, 1.807) is 0 Å². The summed E-state index contributed by atoms with van der Waals surface area (Å²) in [4.78, 5) is 4.54. The predicted molar refractivity (Wildman–Crippen MR) is 58.5 cm³/mol. The second-order valence-corrected chi connectivity index (χ2v) is 3.85. The van der Waals surface area contributed by atoms with Crippen LogP contribution in [-0.2, 0) is 4.74 Å². The molecule has 2 atom stereocenters. The van der Waals surface area contributed by atoms with Crippen LogP contribution in [0.25, 0.3) is 0 Å². The predicted octanol–water partition coefficient (Wildman–Crippen LogP) is 3.06. The van der Waals surface area contributed by atoms with E-state index in [4.69, 9.17) is 4.74 Å². The molecule has 0 aromatic carbocycles. The lowest BCUT2D eigenvalue weighted by molar-refractivity contribution is 0.0561.